The Kier molecular flexibility index (Phi) is 3.68. The summed E-state index contributed by atoms with van der Waals surface area (Å²) in [6.45, 7) is 11.9. The molecule has 1 heterocycles. The number of allylic oxidation sites excluding steroid dienone is 2. The van der Waals surface area contributed by atoms with E-state index in [-0.39, 0.29) is 17.0 Å². The van der Waals surface area contributed by atoms with Crippen LogP contribution in [0.3, 0.4) is 0 Å². The highest BCUT2D eigenvalue weighted by Crippen LogP contribution is 2.38. The summed E-state index contributed by atoms with van der Waals surface area (Å²) in [4.78, 5) is 5.43. The third-order valence-electron chi connectivity index (χ3n) is 3.11. The van der Waals surface area contributed by atoms with Crippen LogP contribution >= 0.6 is 0 Å². The predicted molar refractivity (Wildman–Crippen MR) is 63.9 cm³/mol. The van der Waals surface area contributed by atoms with E-state index in [1.165, 1.54) is 18.6 Å². The molecule has 0 aromatic carbocycles. The zero-order valence-corrected chi connectivity index (χ0v) is 10.7. The zero-order valence-electron chi connectivity index (χ0n) is 10.7. The van der Waals surface area contributed by atoms with Crippen molar-refractivity contribution in [2.24, 2.45) is 0 Å². The molecule has 0 saturated carbocycles. The van der Waals surface area contributed by atoms with Crippen molar-refractivity contribution in [2.45, 2.75) is 58.0 Å². The fraction of sp³-hybridized carbons (Fsp3) is 0.692. The Balaban J connectivity index is 2.87. The van der Waals surface area contributed by atoms with Gasteiger partial charge in [0, 0.05) is 6.08 Å². The molecule has 1 rings (SSSR count). The fourth-order valence-electron chi connectivity index (χ4n) is 2.44. The minimum Gasteiger partial charge on any atom is -0.363 e. The molecule has 0 atom stereocenters. The van der Waals surface area contributed by atoms with E-state index in [1.54, 1.807) is 0 Å². The topological polar surface area (TPSA) is 32.4 Å². The molecule has 1 radical (unpaired) electrons. The van der Waals surface area contributed by atoms with Gasteiger partial charge in [-0.2, -0.15) is 0 Å². The first-order valence-corrected chi connectivity index (χ1v) is 5.78. The second kappa shape index (κ2) is 4.50. The Bertz CT molecular complexity index is 276. The number of hydrogen-bond acceptors (Lipinski definition) is 2. The van der Waals surface area contributed by atoms with E-state index >= 15 is 0 Å². The van der Waals surface area contributed by atoms with Crippen molar-refractivity contribution in [3.8, 4) is 0 Å². The van der Waals surface area contributed by atoms with Gasteiger partial charge in [-0.15, -0.1) is 5.06 Å². The second-order valence-electron chi connectivity index (χ2n) is 5.59. The third kappa shape index (κ3) is 2.79. The van der Waals surface area contributed by atoms with Crippen molar-refractivity contribution in [1.82, 2.24) is 5.06 Å². The minimum absolute atomic E-state index is 0.105. The normalized spacial score (nSPS) is 25.1. The summed E-state index contributed by atoms with van der Waals surface area (Å²) >= 11 is 0. The molecule has 16 heavy (non-hydrogen) atoms. The Hall–Kier alpha value is -0.960. The fourth-order valence-corrected chi connectivity index (χ4v) is 2.44. The summed E-state index contributed by atoms with van der Waals surface area (Å²) in [7, 11) is 0. The molecule has 91 valence electrons. The molecule has 3 heteroatoms. The van der Waals surface area contributed by atoms with Gasteiger partial charge in [-0.25, -0.2) is 5.11 Å². The average molecular weight is 224 g/mol. The lowest BCUT2D eigenvalue weighted by molar-refractivity contribution is -0.280. The number of piperidine rings is 1. The zero-order chi connectivity index (χ0) is 12.4. The average Bonchev–Trinajstić information content (AvgIpc) is 2.11. The molecule has 0 N–H and O–H groups in total. The van der Waals surface area contributed by atoms with E-state index < -0.39 is 0 Å². The molecule has 0 aromatic heterocycles. The van der Waals surface area contributed by atoms with Gasteiger partial charge in [-0.3, -0.25) is 0 Å². The monoisotopic (exact) mass is 224 g/mol. The van der Waals surface area contributed by atoms with Gasteiger partial charge < -0.3 is 4.84 Å². The van der Waals surface area contributed by atoms with Crippen molar-refractivity contribution in [2.75, 3.05) is 0 Å². The van der Waals surface area contributed by atoms with Crippen LogP contribution < -0.4 is 0 Å². The summed E-state index contributed by atoms with van der Waals surface area (Å²) in [6.07, 6.45) is 6.04. The van der Waals surface area contributed by atoms with Crippen LogP contribution in [0.5, 0.6) is 0 Å². The lowest BCUT2D eigenvalue weighted by atomic mass is 9.82. The summed E-state index contributed by atoms with van der Waals surface area (Å²) in [5.74, 6) is -0.349. The highest BCUT2D eigenvalue weighted by Gasteiger charge is 2.44. The van der Waals surface area contributed by atoms with Crippen LogP contribution in [0, 0.1) is 0 Å². The van der Waals surface area contributed by atoms with E-state index in [2.05, 4.69) is 34.3 Å². The van der Waals surface area contributed by atoms with E-state index in [9.17, 15) is 5.11 Å². The van der Waals surface area contributed by atoms with Crippen LogP contribution in [-0.2, 0) is 9.94 Å². The summed E-state index contributed by atoms with van der Waals surface area (Å²) in [5, 5.41) is 13.3. The predicted octanol–water partition coefficient (Wildman–Crippen LogP) is 3.42. The minimum atomic E-state index is -0.349. The van der Waals surface area contributed by atoms with Crippen LogP contribution in [0.25, 0.3) is 0 Å². The van der Waals surface area contributed by atoms with Crippen LogP contribution in [0.4, 0.5) is 0 Å². The Morgan fingerprint density at radius 3 is 2.19 bits per heavy atom. The second-order valence-corrected chi connectivity index (χ2v) is 5.59. The summed E-state index contributed by atoms with van der Waals surface area (Å²) in [6, 6.07) is 0. The van der Waals surface area contributed by atoms with Crippen molar-refractivity contribution in [1.29, 1.82) is 0 Å². The number of hydroxylamine groups is 2. The molecule has 1 aliphatic rings. The van der Waals surface area contributed by atoms with Gasteiger partial charge in [-0.1, -0.05) is 12.7 Å². The van der Waals surface area contributed by atoms with E-state index in [0.717, 1.165) is 12.8 Å². The van der Waals surface area contributed by atoms with Gasteiger partial charge in [0.1, 0.15) is 0 Å². The van der Waals surface area contributed by atoms with E-state index in [4.69, 9.17) is 4.84 Å². The maximum absolute atomic E-state index is 11.5. The quantitative estimate of drug-likeness (QED) is 0.543. The molecule has 0 spiro atoms. The van der Waals surface area contributed by atoms with Crippen LogP contribution in [0.15, 0.2) is 24.7 Å². The first-order valence-electron chi connectivity index (χ1n) is 5.78. The van der Waals surface area contributed by atoms with Gasteiger partial charge in [0.25, 0.3) is 0 Å². The van der Waals surface area contributed by atoms with Gasteiger partial charge >= 0.3 is 5.95 Å². The van der Waals surface area contributed by atoms with Crippen molar-refractivity contribution < 1.29 is 9.94 Å². The smallest absolute Gasteiger partial charge is 0.349 e. The first-order chi connectivity index (χ1) is 7.29. The highest BCUT2D eigenvalue weighted by molar-refractivity contribution is 4.99. The molecule has 0 aliphatic carbocycles. The molecular weight excluding hydrogens is 202 g/mol. The molecule has 0 amide bonds. The standard InChI is InChI=1S/C13H22NO2/c1-6-8-11(15)16-14-12(2,3)9-7-10-13(14,4)5/h6,8H,1,7,9-10H2,2-5H3. The maximum atomic E-state index is 11.5. The van der Waals surface area contributed by atoms with Crippen molar-refractivity contribution in [3.05, 3.63) is 24.7 Å². The first kappa shape index (κ1) is 13.1. The van der Waals surface area contributed by atoms with Crippen molar-refractivity contribution >= 4 is 0 Å². The maximum Gasteiger partial charge on any atom is 0.349 e. The Morgan fingerprint density at radius 1 is 1.25 bits per heavy atom. The molecule has 1 aliphatic heterocycles. The van der Waals surface area contributed by atoms with Gasteiger partial charge in [0.15, 0.2) is 0 Å². The third-order valence-corrected chi connectivity index (χ3v) is 3.11. The van der Waals surface area contributed by atoms with Gasteiger partial charge in [0.2, 0.25) is 0 Å². The molecule has 0 aromatic rings. The van der Waals surface area contributed by atoms with E-state index in [1.807, 2.05) is 5.06 Å². The van der Waals surface area contributed by atoms with E-state index in [0.29, 0.717) is 0 Å². The van der Waals surface area contributed by atoms with Crippen LogP contribution in [0.2, 0.25) is 0 Å². The lowest BCUT2D eigenvalue weighted by Crippen LogP contribution is -2.57. The Labute approximate surface area is 98.4 Å². The largest absolute Gasteiger partial charge is 0.363 e. The molecule has 0 bridgehead atoms. The summed E-state index contributed by atoms with van der Waals surface area (Å²) in [5.41, 5.74) is -0.209. The Morgan fingerprint density at radius 2 is 1.75 bits per heavy atom. The lowest BCUT2D eigenvalue weighted by Gasteiger charge is -2.50. The van der Waals surface area contributed by atoms with Gasteiger partial charge in [-0.05, 0) is 47.0 Å². The van der Waals surface area contributed by atoms with Gasteiger partial charge in [0.05, 0.1) is 11.1 Å². The summed E-state index contributed by atoms with van der Waals surface area (Å²) < 4.78 is 0. The molecule has 3 nitrogen and oxygen atoms in total. The molecule has 1 fully saturated rings. The number of nitrogens with zero attached hydrogens (tertiary/aromatic N) is 1. The molecule has 0 unspecified atom stereocenters. The molecule has 1 saturated heterocycles. The number of rotatable bonds is 3. The van der Waals surface area contributed by atoms with Crippen molar-refractivity contribution in [3.63, 3.8) is 0 Å². The highest BCUT2D eigenvalue weighted by atomic mass is 16.7. The van der Waals surface area contributed by atoms with Crippen LogP contribution in [0.1, 0.15) is 47.0 Å². The SMILES string of the molecule is C=CC=C([O])ON1C(C)(C)CCCC1(C)C. The van der Waals surface area contributed by atoms with Crippen LogP contribution in [-0.4, -0.2) is 16.1 Å². The number of hydrogen-bond donors (Lipinski definition) is 0. The molecular formula is C13H22NO2.